The topological polar surface area (TPSA) is 115 Å². The number of aromatic nitrogens is 2. The molecule has 3 amide bonds. The number of anilines is 2. The fourth-order valence-corrected chi connectivity index (χ4v) is 5.25. The third-order valence-corrected chi connectivity index (χ3v) is 7.25. The van der Waals surface area contributed by atoms with Gasteiger partial charge in [0.1, 0.15) is 5.75 Å². The second-order valence-electron chi connectivity index (χ2n) is 9.34. The Morgan fingerprint density at radius 2 is 1.89 bits per heavy atom. The molecule has 0 bridgehead atoms. The second kappa shape index (κ2) is 9.05. The fraction of sp³-hybridized carbons (Fsp3) is 0.385. The number of carbonyl (C=O) groups excluding carboxylic acids is 2. The Labute approximate surface area is 203 Å². The minimum Gasteiger partial charge on any atom is -0.496 e. The first-order valence-corrected chi connectivity index (χ1v) is 11.8. The van der Waals surface area contributed by atoms with Crippen LogP contribution < -0.4 is 15.4 Å². The summed E-state index contributed by atoms with van der Waals surface area (Å²) in [6, 6.07) is 9.65. The monoisotopic (exact) mass is 475 g/mol. The van der Waals surface area contributed by atoms with E-state index in [1.54, 1.807) is 12.0 Å². The van der Waals surface area contributed by atoms with Gasteiger partial charge in [0.05, 0.1) is 25.0 Å². The summed E-state index contributed by atoms with van der Waals surface area (Å²) in [4.78, 5) is 29.4. The molecule has 1 saturated carbocycles. The molecular weight excluding hydrogens is 446 g/mol. The Balaban J connectivity index is 1.59. The molecule has 9 heteroatoms. The van der Waals surface area contributed by atoms with E-state index < -0.39 is 0 Å². The lowest BCUT2D eigenvalue weighted by Gasteiger charge is -2.43. The summed E-state index contributed by atoms with van der Waals surface area (Å²) in [7, 11) is 1.62. The van der Waals surface area contributed by atoms with Gasteiger partial charge in [-0.1, -0.05) is 6.07 Å². The first-order valence-electron chi connectivity index (χ1n) is 11.8. The van der Waals surface area contributed by atoms with Crippen LogP contribution in [0.4, 0.5) is 16.2 Å². The van der Waals surface area contributed by atoms with Crippen molar-refractivity contribution >= 4 is 23.3 Å². The summed E-state index contributed by atoms with van der Waals surface area (Å²) in [6.07, 6.45) is 4.19. The number of carbonyl (C=O) groups is 2. The predicted octanol–water partition coefficient (Wildman–Crippen LogP) is 4.48. The number of primary amides is 1. The standard InChI is InChI=1S/C26H29N5O4/c1-15-4-7-20(12-23(15)34-3)31-22-11-18(25-29-28-14-35-25)10-16(2)21(22)13-30(26(31)33)19-8-5-17(6-9-19)24(27)32/h4,7,10-12,14,17,19H,5-6,8-9,13H2,1-3H3,(H2,27,32). The van der Waals surface area contributed by atoms with Gasteiger partial charge in [0.2, 0.25) is 18.2 Å². The van der Waals surface area contributed by atoms with E-state index in [1.165, 1.54) is 6.39 Å². The predicted molar refractivity (Wildman–Crippen MR) is 130 cm³/mol. The molecule has 0 atom stereocenters. The number of aryl methyl sites for hydroxylation is 2. The minimum atomic E-state index is -0.253. The molecule has 5 rings (SSSR count). The Bertz CT molecular complexity index is 1260. The van der Waals surface area contributed by atoms with Crippen LogP contribution in [0.15, 0.2) is 41.1 Å². The number of ether oxygens (including phenoxy) is 1. The summed E-state index contributed by atoms with van der Waals surface area (Å²) in [5, 5.41) is 7.86. The Kier molecular flexibility index (Phi) is 5.92. The number of hydrogen-bond acceptors (Lipinski definition) is 6. The second-order valence-corrected chi connectivity index (χ2v) is 9.34. The highest BCUT2D eigenvalue weighted by Gasteiger charge is 2.39. The Hall–Kier alpha value is -3.88. The zero-order chi connectivity index (χ0) is 24.7. The van der Waals surface area contributed by atoms with E-state index in [0.717, 1.165) is 46.5 Å². The van der Waals surface area contributed by atoms with Crippen LogP contribution in [0.3, 0.4) is 0 Å². The molecule has 0 unspecified atom stereocenters. The first-order chi connectivity index (χ1) is 16.9. The van der Waals surface area contributed by atoms with Gasteiger partial charge in [-0.25, -0.2) is 4.79 Å². The fourth-order valence-electron chi connectivity index (χ4n) is 5.25. The van der Waals surface area contributed by atoms with Gasteiger partial charge in [-0.2, -0.15) is 0 Å². The molecule has 2 heterocycles. The Morgan fingerprint density at radius 3 is 2.54 bits per heavy atom. The molecule has 9 nitrogen and oxygen atoms in total. The SMILES string of the molecule is COc1cc(N2C(=O)N(C3CCC(C(N)=O)CC3)Cc3c(C)cc(-c4nnco4)cc32)ccc1C. The molecule has 2 aliphatic rings. The van der Waals surface area contributed by atoms with Gasteiger partial charge in [0, 0.05) is 23.6 Å². The highest BCUT2D eigenvalue weighted by atomic mass is 16.5. The van der Waals surface area contributed by atoms with Crippen molar-refractivity contribution in [3.05, 3.63) is 53.4 Å². The lowest BCUT2D eigenvalue weighted by atomic mass is 9.84. The average molecular weight is 476 g/mol. The summed E-state index contributed by atoms with van der Waals surface area (Å²) in [5.41, 5.74) is 10.9. The molecule has 1 fully saturated rings. The van der Waals surface area contributed by atoms with Gasteiger partial charge >= 0.3 is 6.03 Å². The summed E-state index contributed by atoms with van der Waals surface area (Å²) >= 11 is 0. The number of amides is 3. The highest BCUT2D eigenvalue weighted by Crippen LogP contribution is 2.42. The minimum absolute atomic E-state index is 0.0381. The number of rotatable bonds is 5. The molecule has 3 aromatic rings. The molecule has 182 valence electrons. The first kappa shape index (κ1) is 22.9. The van der Waals surface area contributed by atoms with Gasteiger partial charge < -0.3 is 19.8 Å². The average Bonchev–Trinajstić information content (AvgIpc) is 3.39. The van der Waals surface area contributed by atoms with Crippen molar-refractivity contribution in [1.29, 1.82) is 0 Å². The van der Waals surface area contributed by atoms with Crippen molar-refractivity contribution in [2.45, 2.75) is 52.1 Å². The molecule has 1 aromatic heterocycles. The maximum absolute atomic E-state index is 14.1. The van der Waals surface area contributed by atoms with Crippen molar-refractivity contribution in [2.75, 3.05) is 12.0 Å². The van der Waals surface area contributed by atoms with Crippen LogP contribution in [-0.2, 0) is 11.3 Å². The van der Waals surface area contributed by atoms with Crippen LogP contribution in [0.25, 0.3) is 11.5 Å². The van der Waals surface area contributed by atoms with Crippen molar-refractivity contribution in [3.8, 4) is 17.2 Å². The quantitative estimate of drug-likeness (QED) is 0.582. The number of fused-ring (bicyclic) bond motifs is 1. The van der Waals surface area contributed by atoms with Gasteiger partial charge in [0.15, 0.2) is 0 Å². The van der Waals surface area contributed by atoms with Crippen LogP contribution in [-0.4, -0.2) is 40.2 Å². The summed E-state index contributed by atoms with van der Waals surface area (Å²) in [5.74, 6) is 0.740. The lowest BCUT2D eigenvalue weighted by Crippen LogP contribution is -2.51. The largest absolute Gasteiger partial charge is 0.496 e. The summed E-state index contributed by atoms with van der Waals surface area (Å²) in [6.45, 7) is 4.50. The smallest absolute Gasteiger partial charge is 0.329 e. The third-order valence-electron chi connectivity index (χ3n) is 7.25. The van der Waals surface area contributed by atoms with E-state index >= 15 is 0 Å². The zero-order valence-electron chi connectivity index (χ0n) is 20.2. The van der Waals surface area contributed by atoms with Crippen molar-refractivity contribution in [1.82, 2.24) is 15.1 Å². The maximum Gasteiger partial charge on any atom is 0.329 e. The number of urea groups is 1. The molecule has 1 aliphatic carbocycles. The third kappa shape index (κ3) is 4.11. The number of hydrogen-bond donors (Lipinski definition) is 1. The van der Waals surface area contributed by atoms with Gasteiger partial charge in [-0.3, -0.25) is 9.69 Å². The van der Waals surface area contributed by atoms with E-state index in [4.69, 9.17) is 14.9 Å². The lowest BCUT2D eigenvalue weighted by molar-refractivity contribution is -0.123. The Morgan fingerprint density at radius 1 is 1.11 bits per heavy atom. The van der Waals surface area contributed by atoms with Crippen LogP contribution in [0.5, 0.6) is 5.75 Å². The van der Waals surface area contributed by atoms with E-state index in [0.29, 0.717) is 31.0 Å². The van der Waals surface area contributed by atoms with E-state index in [2.05, 4.69) is 10.2 Å². The number of nitrogens with zero attached hydrogens (tertiary/aromatic N) is 4. The van der Waals surface area contributed by atoms with Crippen LogP contribution in [0.1, 0.15) is 42.4 Å². The van der Waals surface area contributed by atoms with Gasteiger partial charge in [-0.05, 0) is 74.4 Å². The maximum atomic E-state index is 14.1. The van der Waals surface area contributed by atoms with E-state index in [-0.39, 0.29) is 23.9 Å². The zero-order valence-corrected chi connectivity index (χ0v) is 20.2. The molecule has 1 aliphatic heterocycles. The molecule has 2 N–H and O–H groups in total. The van der Waals surface area contributed by atoms with E-state index in [1.807, 2.05) is 49.1 Å². The van der Waals surface area contributed by atoms with Crippen LogP contribution in [0.2, 0.25) is 0 Å². The molecule has 0 saturated heterocycles. The van der Waals surface area contributed by atoms with Gasteiger partial charge in [0.25, 0.3) is 0 Å². The number of methoxy groups -OCH3 is 1. The highest BCUT2D eigenvalue weighted by molar-refractivity contribution is 6.03. The van der Waals surface area contributed by atoms with Crippen molar-refractivity contribution in [3.63, 3.8) is 0 Å². The summed E-state index contributed by atoms with van der Waals surface area (Å²) < 4.78 is 11.0. The number of nitrogens with two attached hydrogens (primary N) is 1. The number of benzene rings is 2. The molecule has 0 radical (unpaired) electrons. The van der Waals surface area contributed by atoms with Crippen molar-refractivity contribution in [2.24, 2.45) is 11.7 Å². The van der Waals surface area contributed by atoms with Crippen LogP contribution in [0, 0.1) is 19.8 Å². The van der Waals surface area contributed by atoms with Gasteiger partial charge in [-0.15, -0.1) is 10.2 Å². The molecule has 0 spiro atoms. The van der Waals surface area contributed by atoms with E-state index in [9.17, 15) is 9.59 Å². The molecule has 2 aromatic carbocycles. The molecular formula is C26H29N5O4. The normalized spacial score (nSPS) is 20.0. The van der Waals surface area contributed by atoms with Crippen molar-refractivity contribution < 1.29 is 18.7 Å². The molecule has 35 heavy (non-hydrogen) atoms. The van der Waals surface area contributed by atoms with Crippen LogP contribution >= 0.6 is 0 Å².